The van der Waals surface area contributed by atoms with E-state index in [0.29, 0.717) is 5.69 Å². The van der Waals surface area contributed by atoms with Crippen LogP contribution < -0.4 is 5.32 Å². The molecule has 1 amide bonds. The number of rotatable bonds is 5. The fourth-order valence-electron chi connectivity index (χ4n) is 2.06. The van der Waals surface area contributed by atoms with Crippen LogP contribution in [0.1, 0.15) is 22.6 Å². The average Bonchev–Trinajstić information content (AvgIpc) is 2.73. The first kappa shape index (κ1) is 17.0. The van der Waals surface area contributed by atoms with Crippen molar-refractivity contribution in [3.8, 4) is 0 Å². The highest BCUT2D eigenvalue weighted by Gasteiger charge is 2.26. The largest absolute Gasteiger partial charge is 0.481 e. The van der Waals surface area contributed by atoms with Crippen LogP contribution in [0.4, 0.5) is 0 Å². The van der Waals surface area contributed by atoms with Crippen molar-refractivity contribution >= 4 is 46.7 Å². The molecule has 23 heavy (non-hydrogen) atoms. The number of aliphatic carboxylic acids is 2. The Morgan fingerprint density at radius 3 is 2.57 bits per heavy atom. The molecule has 3 N–H and O–H groups in total. The van der Waals surface area contributed by atoms with Crippen LogP contribution in [0.25, 0.3) is 5.65 Å². The number of carboxylic acids is 2. The first-order chi connectivity index (χ1) is 10.7. The third-order valence-corrected chi connectivity index (χ3v) is 3.50. The van der Waals surface area contributed by atoms with Gasteiger partial charge >= 0.3 is 11.9 Å². The zero-order valence-electron chi connectivity index (χ0n) is 11.7. The Morgan fingerprint density at radius 1 is 1.35 bits per heavy atom. The molecular formula is C13H11Cl2N3O5. The van der Waals surface area contributed by atoms with E-state index in [2.05, 4.69) is 10.3 Å². The van der Waals surface area contributed by atoms with Crippen molar-refractivity contribution in [1.82, 2.24) is 14.7 Å². The van der Waals surface area contributed by atoms with Crippen LogP contribution in [-0.2, 0) is 9.59 Å². The fraction of sp³-hybridized carbons (Fsp3) is 0.231. The summed E-state index contributed by atoms with van der Waals surface area (Å²) >= 11 is 11.9. The van der Waals surface area contributed by atoms with E-state index in [1.165, 1.54) is 16.7 Å². The lowest BCUT2D eigenvalue weighted by Gasteiger charge is -2.12. The molecular weight excluding hydrogens is 349 g/mol. The van der Waals surface area contributed by atoms with Crippen molar-refractivity contribution in [2.75, 3.05) is 0 Å². The summed E-state index contributed by atoms with van der Waals surface area (Å²) in [5, 5.41) is 20.3. The molecule has 0 aliphatic carbocycles. The molecule has 0 bridgehead atoms. The minimum atomic E-state index is -1.57. The summed E-state index contributed by atoms with van der Waals surface area (Å²) in [5.41, 5.74) is 0.607. The van der Waals surface area contributed by atoms with Gasteiger partial charge in [-0.3, -0.25) is 14.0 Å². The molecule has 2 aromatic heterocycles. The van der Waals surface area contributed by atoms with Crippen LogP contribution in [0.2, 0.25) is 10.0 Å². The number of carbonyl (C=O) groups excluding carboxylic acids is 1. The predicted octanol–water partition coefficient (Wildman–Crippen LogP) is 1.61. The number of fused-ring (bicyclic) bond motifs is 1. The van der Waals surface area contributed by atoms with Gasteiger partial charge in [0.1, 0.15) is 11.7 Å². The number of amides is 1. The number of imidazole rings is 1. The number of nitrogens with zero attached hydrogens (tertiary/aromatic N) is 2. The highest BCUT2D eigenvalue weighted by molar-refractivity contribution is 6.36. The molecule has 2 aromatic rings. The van der Waals surface area contributed by atoms with E-state index in [-0.39, 0.29) is 21.4 Å². The summed E-state index contributed by atoms with van der Waals surface area (Å²) in [7, 11) is 0. The second-order valence-electron chi connectivity index (χ2n) is 4.71. The lowest BCUT2D eigenvalue weighted by molar-refractivity contribution is -0.145. The molecule has 2 rings (SSSR count). The number of carbonyl (C=O) groups is 3. The number of aromatic nitrogens is 2. The number of nitrogens with one attached hydrogen (secondary N) is 1. The minimum absolute atomic E-state index is 0.0287. The summed E-state index contributed by atoms with van der Waals surface area (Å²) in [6, 6.07) is -0.114. The summed E-state index contributed by atoms with van der Waals surface area (Å²) in [6.07, 6.45) is 0.656. The van der Waals surface area contributed by atoms with Crippen LogP contribution in [0.5, 0.6) is 0 Å². The van der Waals surface area contributed by atoms with E-state index >= 15 is 0 Å². The molecule has 1 unspecified atom stereocenters. The Labute approximate surface area is 139 Å². The van der Waals surface area contributed by atoms with Crippen molar-refractivity contribution in [3.63, 3.8) is 0 Å². The number of hydrogen-bond acceptors (Lipinski definition) is 4. The maximum absolute atomic E-state index is 12.3. The standard InChI is InChI=1S/C13H11Cl2N3O5/c1-5-10(12(21)17-8(13(22)23)3-9(19)20)18-4-6(14)2-7(15)11(18)16-5/h2,4,8H,3H2,1H3,(H,17,21)(H,19,20)(H,22,23). The van der Waals surface area contributed by atoms with Gasteiger partial charge in [-0.1, -0.05) is 23.2 Å². The van der Waals surface area contributed by atoms with Gasteiger partial charge in [0.05, 0.1) is 22.2 Å². The SMILES string of the molecule is Cc1nc2c(Cl)cc(Cl)cn2c1C(=O)NC(CC(=O)O)C(=O)O. The number of aryl methyl sites for hydroxylation is 1. The van der Waals surface area contributed by atoms with Crippen LogP contribution >= 0.6 is 23.2 Å². The van der Waals surface area contributed by atoms with Crippen molar-refractivity contribution in [3.05, 3.63) is 33.7 Å². The quantitative estimate of drug-likeness (QED) is 0.745. The highest BCUT2D eigenvalue weighted by atomic mass is 35.5. The van der Waals surface area contributed by atoms with Gasteiger partial charge in [0, 0.05) is 6.20 Å². The van der Waals surface area contributed by atoms with E-state index in [0.717, 1.165) is 0 Å². The van der Waals surface area contributed by atoms with Gasteiger partial charge in [0.15, 0.2) is 5.65 Å². The molecule has 0 aliphatic rings. The van der Waals surface area contributed by atoms with E-state index in [1.54, 1.807) is 6.92 Å². The Morgan fingerprint density at radius 2 is 2.00 bits per heavy atom. The summed E-state index contributed by atoms with van der Waals surface area (Å²) in [5.74, 6) is -3.59. The second kappa shape index (κ2) is 6.43. The van der Waals surface area contributed by atoms with Gasteiger partial charge in [-0.25, -0.2) is 9.78 Å². The topological polar surface area (TPSA) is 121 Å². The monoisotopic (exact) mass is 359 g/mol. The lowest BCUT2D eigenvalue weighted by Crippen LogP contribution is -2.42. The van der Waals surface area contributed by atoms with Gasteiger partial charge < -0.3 is 15.5 Å². The second-order valence-corrected chi connectivity index (χ2v) is 5.55. The molecule has 0 radical (unpaired) electrons. The maximum Gasteiger partial charge on any atom is 0.326 e. The predicted molar refractivity (Wildman–Crippen MR) is 81.1 cm³/mol. The molecule has 10 heteroatoms. The third kappa shape index (κ3) is 3.54. The highest BCUT2D eigenvalue weighted by Crippen LogP contribution is 2.24. The van der Waals surface area contributed by atoms with Crippen molar-refractivity contribution in [2.45, 2.75) is 19.4 Å². The summed E-state index contributed by atoms with van der Waals surface area (Å²) in [6.45, 7) is 1.54. The average molecular weight is 360 g/mol. The molecule has 0 aromatic carbocycles. The van der Waals surface area contributed by atoms with E-state index in [4.69, 9.17) is 33.4 Å². The van der Waals surface area contributed by atoms with Gasteiger partial charge in [-0.2, -0.15) is 0 Å². The van der Waals surface area contributed by atoms with Gasteiger partial charge in [-0.05, 0) is 13.0 Å². The first-order valence-corrected chi connectivity index (χ1v) is 7.05. The molecule has 2 heterocycles. The number of pyridine rings is 1. The van der Waals surface area contributed by atoms with Crippen LogP contribution in [0.15, 0.2) is 12.3 Å². The Balaban J connectivity index is 2.43. The number of hydrogen-bond donors (Lipinski definition) is 3. The maximum atomic E-state index is 12.3. The molecule has 8 nitrogen and oxygen atoms in total. The van der Waals surface area contributed by atoms with Gasteiger partial charge in [0.25, 0.3) is 5.91 Å². The normalized spacial score (nSPS) is 12.1. The molecule has 1 atom stereocenters. The van der Waals surface area contributed by atoms with Crippen molar-refractivity contribution < 1.29 is 24.6 Å². The van der Waals surface area contributed by atoms with Crippen LogP contribution in [0, 0.1) is 6.92 Å². The van der Waals surface area contributed by atoms with E-state index in [1.807, 2.05) is 0 Å². The number of carboxylic acid groups (broad SMARTS) is 2. The van der Waals surface area contributed by atoms with Crippen molar-refractivity contribution in [1.29, 1.82) is 0 Å². The molecule has 0 saturated carbocycles. The first-order valence-electron chi connectivity index (χ1n) is 6.30. The zero-order valence-corrected chi connectivity index (χ0v) is 13.2. The van der Waals surface area contributed by atoms with E-state index in [9.17, 15) is 14.4 Å². The molecule has 0 saturated heterocycles. The zero-order chi connectivity index (χ0) is 17.3. The van der Waals surface area contributed by atoms with Gasteiger partial charge in [-0.15, -0.1) is 0 Å². The lowest BCUT2D eigenvalue weighted by atomic mass is 10.2. The van der Waals surface area contributed by atoms with Crippen LogP contribution in [0.3, 0.4) is 0 Å². The molecule has 0 fully saturated rings. The molecule has 122 valence electrons. The molecule has 0 spiro atoms. The number of halogens is 2. The summed E-state index contributed by atoms with van der Waals surface area (Å²) in [4.78, 5) is 38.2. The Bertz CT molecular complexity index is 818. The third-order valence-electron chi connectivity index (χ3n) is 3.01. The van der Waals surface area contributed by atoms with Crippen LogP contribution in [-0.4, -0.2) is 43.5 Å². The Kier molecular flexibility index (Phi) is 4.76. The summed E-state index contributed by atoms with van der Waals surface area (Å²) < 4.78 is 1.33. The van der Waals surface area contributed by atoms with Crippen molar-refractivity contribution in [2.24, 2.45) is 0 Å². The smallest absolute Gasteiger partial charge is 0.326 e. The minimum Gasteiger partial charge on any atom is -0.481 e. The molecule has 0 aliphatic heterocycles. The van der Waals surface area contributed by atoms with Gasteiger partial charge in [0.2, 0.25) is 0 Å². The fourth-order valence-corrected chi connectivity index (χ4v) is 2.57. The van der Waals surface area contributed by atoms with E-state index < -0.39 is 30.3 Å². The Hall–Kier alpha value is -2.32.